The summed E-state index contributed by atoms with van der Waals surface area (Å²) in [5.41, 5.74) is 2.57. The second-order valence-corrected chi connectivity index (χ2v) is 5.34. The van der Waals surface area contributed by atoms with Crippen LogP contribution in [-0.4, -0.2) is 22.6 Å². The molecule has 2 nitrogen and oxygen atoms in total. The minimum Gasteiger partial charge on any atom is -0.508 e. The van der Waals surface area contributed by atoms with Gasteiger partial charge in [-0.1, -0.05) is 19.1 Å². The van der Waals surface area contributed by atoms with E-state index in [1.54, 1.807) is 0 Å². The Morgan fingerprint density at radius 3 is 3.06 bits per heavy atom. The minimum absolute atomic E-state index is 0.497. The first-order valence-electron chi connectivity index (χ1n) is 6.87. The summed E-state index contributed by atoms with van der Waals surface area (Å²) in [5.74, 6) is 0.497. The number of likely N-dealkylation sites (tertiary alicyclic amines) is 1. The Morgan fingerprint density at radius 1 is 1.35 bits per heavy atom. The zero-order chi connectivity index (χ0) is 11.8. The van der Waals surface area contributed by atoms with Crippen LogP contribution in [0.2, 0.25) is 0 Å². The van der Waals surface area contributed by atoms with E-state index in [4.69, 9.17) is 0 Å². The van der Waals surface area contributed by atoms with Crippen molar-refractivity contribution in [3.05, 3.63) is 29.3 Å². The highest BCUT2D eigenvalue weighted by Gasteiger charge is 2.34. The second-order valence-electron chi connectivity index (χ2n) is 5.34. The first kappa shape index (κ1) is 11.1. The lowest BCUT2D eigenvalue weighted by atomic mass is 10.0. The molecule has 0 radical (unpaired) electrons. The summed E-state index contributed by atoms with van der Waals surface area (Å²) >= 11 is 0. The molecule has 1 aromatic carbocycles. The van der Waals surface area contributed by atoms with Crippen LogP contribution >= 0.6 is 0 Å². The Bertz CT molecular complexity index is 415. The van der Waals surface area contributed by atoms with Crippen molar-refractivity contribution in [2.24, 2.45) is 0 Å². The van der Waals surface area contributed by atoms with Crippen LogP contribution in [0, 0.1) is 0 Å². The molecule has 1 aromatic rings. The predicted molar refractivity (Wildman–Crippen MR) is 69.2 cm³/mol. The van der Waals surface area contributed by atoms with Gasteiger partial charge in [-0.3, -0.25) is 4.90 Å². The largest absolute Gasteiger partial charge is 0.508 e. The number of fused-ring (bicyclic) bond motifs is 1. The molecule has 17 heavy (non-hydrogen) atoms. The summed E-state index contributed by atoms with van der Waals surface area (Å²) in [4.78, 5) is 2.67. The lowest BCUT2D eigenvalue weighted by Gasteiger charge is -2.30. The van der Waals surface area contributed by atoms with Crippen molar-refractivity contribution in [1.82, 2.24) is 4.90 Å². The molecule has 1 N–H and O–H groups in total. The van der Waals surface area contributed by atoms with Gasteiger partial charge in [0, 0.05) is 12.1 Å². The molecule has 1 saturated heterocycles. The average molecular weight is 231 g/mol. The normalized spacial score (nSPS) is 28.5. The van der Waals surface area contributed by atoms with Gasteiger partial charge in [-0.25, -0.2) is 0 Å². The van der Waals surface area contributed by atoms with E-state index in [2.05, 4.69) is 17.9 Å². The number of phenolic OH excluding ortho intramolecular Hbond substituents is 1. The number of benzene rings is 1. The maximum absolute atomic E-state index is 9.90. The molecule has 2 heteroatoms. The molecule has 2 unspecified atom stereocenters. The highest BCUT2D eigenvalue weighted by Crippen LogP contribution is 2.42. The zero-order valence-corrected chi connectivity index (χ0v) is 10.5. The number of rotatable bonds is 2. The molecule has 0 bridgehead atoms. The Labute approximate surface area is 103 Å². The van der Waals surface area contributed by atoms with E-state index >= 15 is 0 Å². The van der Waals surface area contributed by atoms with Crippen molar-refractivity contribution in [2.75, 3.05) is 6.54 Å². The Morgan fingerprint density at radius 2 is 2.24 bits per heavy atom. The molecule has 0 amide bonds. The van der Waals surface area contributed by atoms with Gasteiger partial charge in [0.2, 0.25) is 0 Å². The van der Waals surface area contributed by atoms with E-state index in [-0.39, 0.29) is 0 Å². The zero-order valence-electron chi connectivity index (χ0n) is 10.5. The van der Waals surface area contributed by atoms with Crippen LogP contribution in [0.5, 0.6) is 5.75 Å². The van der Waals surface area contributed by atoms with Crippen molar-refractivity contribution >= 4 is 0 Å². The Hall–Kier alpha value is -1.02. The number of aromatic hydroxyl groups is 1. The predicted octanol–water partition coefficient (Wildman–Crippen LogP) is 3.25. The van der Waals surface area contributed by atoms with E-state index < -0.39 is 0 Å². The summed E-state index contributed by atoms with van der Waals surface area (Å²) in [6, 6.07) is 7.34. The van der Waals surface area contributed by atoms with Gasteiger partial charge >= 0.3 is 0 Å². The fourth-order valence-corrected chi connectivity index (χ4v) is 3.66. The van der Waals surface area contributed by atoms with Gasteiger partial charge in [-0.2, -0.15) is 0 Å². The van der Waals surface area contributed by atoms with Gasteiger partial charge in [0.15, 0.2) is 0 Å². The number of hydrogen-bond acceptors (Lipinski definition) is 2. The molecule has 1 aliphatic carbocycles. The van der Waals surface area contributed by atoms with Crippen molar-refractivity contribution in [1.29, 1.82) is 0 Å². The van der Waals surface area contributed by atoms with E-state index in [1.165, 1.54) is 43.4 Å². The van der Waals surface area contributed by atoms with E-state index in [0.29, 0.717) is 11.8 Å². The maximum Gasteiger partial charge on any atom is 0.119 e. The van der Waals surface area contributed by atoms with Crippen molar-refractivity contribution in [3.8, 4) is 5.75 Å². The molecule has 1 fully saturated rings. The monoisotopic (exact) mass is 231 g/mol. The van der Waals surface area contributed by atoms with Gasteiger partial charge in [0.1, 0.15) is 5.75 Å². The third-order valence-electron chi connectivity index (χ3n) is 4.51. The standard InChI is InChI=1S/C15H21NO/c1-2-11-5-4-10-16(11)14-9-8-13-12(14)6-3-7-15(13)17/h3,6-7,11,14,17H,2,4-5,8-10H2,1H3. The van der Waals surface area contributed by atoms with Crippen molar-refractivity contribution in [2.45, 2.75) is 51.1 Å². The summed E-state index contributed by atoms with van der Waals surface area (Å²) in [7, 11) is 0. The SMILES string of the molecule is CCC1CCCN1C1CCc2c(O)cccc21. The summed E-state index contributed by atoms with van der Waals surface area (Å²) in [5, 5.41) is 9.90. The number of nitrogens with zero attached hydrogens (tertiary/aromatic N) is 1. The third kappa shape index (κ3) is 1.75. The average Bonchev–Trinajstić information content (AvgIpc) is 2.94. The van der Waals surface area contributed by atoms with E-state index in [1.807, 2.05) is 12.1 Å². The molecule has 0 saturated carbocycles. The molecule has 3 rings (SSSR count). The molecule has 1 aliphatic heterocycles. The summed E-state index contributed by atoms with van der Waals surface area (Å²) < 4.78 is 0. The maximum atomic E-state index is 9.90. The smallest absolute Gasteiger partial charge is 0.119 e. The topological polar surface area (TPSA) is 23.5 Å². The third-order valence-corrected chi connectivity index (χ3v) is 4.51. The molecule has 92 valence electrons. The number of hydrogen-bond donors (Lipinski definition) is 1. The Kier molecular flexibility index (Phi) is 2.83. The van der Waals surface area contributed by atoms with Gasteiger partial charge in [0.25, 0.3) is 0 Å². The highest BCUT2D eigenvalue weighted by atomic mass is 16.3. The minimum atomic E-state index is 0.497. The summed E-state index contributed by atoms with van der Waals surface area (Å²) in [6.45, 7) is 3.53. The lowest BCUT2D eigenvalue weighted by Crippen LogP contribution is -2.31. The van der Waals surface area contributed by atoms with Crippen LogP contribution in [-0.2, 0) is 6.42 Å². The van der Waals surface area contributed by atoms with Crippen molar-refractivity contribution < 1.29 is 5.11 Å². The molecular formula is C15H21NO. The first-order chi connectivity index (χ1) is 8.31. The van der Waals surface area contributed by atoms with Gasteiger partial charge in [-0.15, -0.1) is 0 Å². The quantitative estimate of drug-likeness (QED) is 0.844. The number of phenols is 1. The molecule has 2 atom stereocenters. The fraction of sp³-hybridized carbons (Fsp3) is 0.600. The molecular weight excluding hydrogens is 210 g/mol. The van der Waals surface area contributed by atoms with Crippen LogP contribution in [0.4, 0.5) is 0 Å². The first-order valence-corrected chi connectivity index (χ1v) is 6.87. The van der Waals surface area contributed by atoms with Crippen LogP contribution in [0.15, 0.2) is 18.2 Å². The van der Waals surface area contributed by atoms with Gasteiger partial charge in [0.05, 0.1) is 0 Å². The highest BCUT2D eigenvalue weighted by molar-refractivity contribution is 5.44. The fourth-order valence-electron chi connectivity index (χ4n) is 3.66. The second kappa shape index (κ2) is 4.34. The van der Waals surface area contributed by atoms with Crippen LogP contribution in [0.25, 0.3) is 0 Å². The van der Waals surface area contributed by atoms with Crippen molar-refractivity contribution in [3.63, 3.8) is 0 Å². The molecule has 0 aromatic heterocycles. The molecule has 0 spiro atoms. The van der Waals surface area contributed by atoms with Crippen LogP contribution in [0.3, 0.4) is 0 Å². The van der Waals surface area contributed by atoms with Crippen LogP contribution in [0.1, 0.15) is 49.8 Å². The van der Waals surface area contributed by atoms with Crippen LogP contribution < -0.4 is 0 Å². The van der Waals surface area contributed by atoms with E-state index in [0.717, 1.165) is 12.5 Å². The lowest BCUT2D eigenvalue weighted by molar-refractivity contribution is 0.176. The Balaban J connectivity index is 1.90. The van der Waals surface area contributed by atoms with E-state index in [9.17, 15) is 5.11 Å². The molecule has 2 aliphatic rings. The summed E-state index contributed by atoms with van der Waals surface area (Å²) in [6.07, 6.45) is 6.16. The van der Waals surface area contributed by atoms with Gasteiger partial charge < -0.3 is 5.11 Å². The molecule has 1 heterocycles. The van der Waals surface area contributed by atoms with Gasteiger partial charge in [-0.05, 0) is 55.8 Å².